The number of hydrogen-bond donors (Lipinski definition) is 0. The first kappa shape index (κ1) is 15.4. The van der Waals surface area contributed by atoms with Crippen LogP contribution in [0.3, 0.4) is 0 Å². The number of rotatable bonds is 6. The van der Waals surface area contributed by atoms with Crippen molar-refractivity contribution in [3.05, 3.63) is 59.7 Å². The zero-order chi connectivity index (χ0) is 15.2. The molecule has 0 amide bonds. The van der Waals surface area contributed by atoms with Gasteiger partial charge in [0.2, 0.25) is 0 Å². The summed E-state index contributed by atoms with van der Waals surface area (Å²) in [6.45, 7) is 1.65. The third-order valence-corrected chi connectivity index (χ3v) is 3.92. The lowest BCUT2D eigenvalue weighted by molar-refractivity contribution is 0.00268. The maximum atomic E-state index is 5.94. The van der Waals surface area contributed by atoms with E-state index in [1.165, 1.54) is 11.1 Å². The molecule has 22 heavy (non-hydrogen) atoms. The van der Waals surface area contributed by atoms with Crippen LogP contribution in [0.1, 0.15) is 11.1 Å². The molecule has 0 N–H and O–H groups in total. The van der Waals surface area contributed by atoms with Gasteiger partial charge in [-0.05, 0) is 29.7 Å². The fraction of sp³-hybridized carbons (Fsp3) is 0.333. The number of halogens is 1. The second-order valence-electron chi connectivity index (χ2n) is 5.27. The lowest BCUT2D eigenvalue weighted by atomic mass is 10.1. The minimum atomic E-state index is -0.0572. The highest BCUT2D eigenvalue weighted by atomic mass is 79.9. The van der Waals surface area contributed by atoms with Crippen molar-refractivity contribution >= 4 is 15.9 Å². The van der Waals surface area contributed by atoms with Crippen molar-refractivity contribution in [1.29, 1.82) is 0 Å². The minimum absolute atomic E-state index is 0.0572. The number of alkyl halides is 1. The average molecular weight is 363 g/mol. The molecule has 1 unspecified atom stereocenters. The molecule has 1 heterocycles. The maximum absolute atomic E-state index is 5.94. The largest absolute Gasteiger partial charge is 0.486 e. The lowest BCUT2D eigenvalue weighted by Crippen LogP contribution is -2.33. The van der Waals surface area contributed by atoms with Crippen LogP contribution in [0.15, 0.2) is 48.5 Å². The minimum Gasteiger partial charge on any atom is -0.486 e. The van der Waals surface area contributed by atoms with Crippen LogP contribution in [0, 0.1) is 0 Å². The van der Waals surface area contributed by atoms with E-state index < -0.39 is 0 Å². The molecule has 1 aliphatic heterocycles. The molecule has 2 aromatic rings. The molecule has 1 aliphatic rings. The van der Waals surface area contributed by atoms with E-state index in [0.717, 1.165) is 23.2 Å². The number of ether oxygens (including phenoxy) is 3. The summed E-state index contributed by atoms with van der Waals surface area (Å²) in [4.78, 5) is 0. The van der Waals surface area contributed by atoms with Gasteiger partial charge in [-0.15, -0.1) is 0 Å². The molecule has 3 rings (SSSR count). The highest BCUT2D eigenvalue weighted by Crippen LogP contribution is 2.32. The van der Waals surface area contributed by atoms with Crippen LogP contribution in [0.4, 0.5) is 0 Å². The van der Waals surface area contributed by atoms with E-state index in [1.54, 1.807) is 0 Å². The molecular formula is C18H19BrO3. The van der Waals surface area contributed by atoms with E-state index in [-0.39, 0.29) is 6.10 Å². The van der Waals surface area contributed by atoms with Gasteiger partial charge < -0.3 is 14.2 Å². The first-order valence-electron chi connectivity index (χ1n) is 7.45. The Labute approximate surface area is 139 Å². The van der Waals surface area contributed by atoms with E-state index >= 15 is 0 Å². The van der Waals surface area contributed by atoms with Gasteiger partial charge in [0.1, 0.15) is 6.61 Å². The lowest BCUT2D eigenvalue weighted by Gasteiger charge is -2.26. The second kappa shape index (κ2) is 7.65. The van der Waals surface area contributed by atoms with Crippen molar-refractivity contribution < 1.29 is 14.2 Å². The Kier molecular flexibility index (Phi) is 5.35. The number of hydrogen-bond acceptors (Lipinski definition) is 3. The quantitative estimate of drug-likeness (QED) is 0.727. The van der Waals surface area contributed by atoms with Crippen LogP contribution in [-0.4, -0.2) is 24.6 Å². The van der Waals surface area contributed by atoms with E-state index in [1.807, 2.05) is 24.3 Å². The molecule has 0 radical (unpaired) electrons. The van der Waals surface area contributed by atoms with Crippen LogP contribution in [0.5, 0.6) is 11.5 Å². The second-order valence-corrected chi connectivity index (χ2v) is 6.06. The molecule has 1 atom stereocenters. The van der Waals surface area contributed by atoms with E-state index in [0.29, 0.717) is 19.8 Å². The van der Waals surface area contributed by atoms with Crippen molar-refractivity contribution in [2.45, 2.75) is 19.1 Å². The van der Waals surface area contributed by atoms with Gasteiger partial charge in [0.25, 0.3) is 0 Å². The third kappa shape index (κ3) is 4.02. The van der Waals surface area contributed by atoms with Gasteiger partial charge in [0, 0.05) is 5.33 Å². The zero-order valence-corrected chi connectivity index (χ0v) is 13.9. The molecule has 0 bridgehead atoms. The van der Waals surface area contributed by atoms with Crippen LogP contribution in [0.2, 0.25) is 0 Å². The summed E-state index contributed by atoms with van der Waals surface area (Å²) < 4.78 is 17.5. The Balaban J connectivity index is 1.51. The third-order valence-electron chi connectivity index (χ3n) is 3.52. The normalized spacial score (nSPS) is 16.5. The monoisotopic (exact) mass is 362 g/mol. The van der Waals surface area contributed by atoms with Gasteiger partial charge in [-0.1, -0.05) is 52.3 Å². The molecule has 0 aliphatic carbocycles. The predicted octanol–water partition coefficient (Wildman–Crippen LogP) is 3.98. The van der Waals surface area contributed by atoms with Crippen molar-refractivity contribution in [3.63, 3.8) is 0 Å². The standard InChI is InChI=1S/C18H19BrO3/c19-9-8-14-6-7-17-18(10-14)21-13-16(22-17)12-20-11-15-4-2-1-3-5-15/h1-7,10,16H,8-9,11-13H2. The smallest absolute Gasteiger partial charge is 0.161 e. The Morgan fingerprint density at radius 2 is 1.91 bits per heavy atom. The van der Waals surface area contributed by atoms with Crippen molar-refractivity contribution in [3.8, 4) is 11.5 Å². The summed E-state index contributed by atoms with van der Waals surface area (Å²) in [7, 11) is 0. The average Bonchev–Trinajstić information content (AvgIpc) is 2.56. The molecule has 0 saturated carbocycles. The van der Waals surface area contributed by atoms with E-state index in [2.05, 4.69) is 40.2 Å². The van der Waals surface area contributed by atoms with Crippen LogP contribution < -0.4 is 9.47 Å². The van der Waals surface area contributed by atoms with Gasteiger partial charge in [-0.3, -0.25) is 0 Å². The molecular weight excluding hydrogens is 344 g/mol. The molecule has 2 aromatic carbocycles. The molecule has 0 aromatic heterocycles. The van der Waals surface area contributed by atoms with Gasteiger partial charge in [0.15, 0.2) is 17.6 Å². The topological polar surface area (TPSA) is 27.7 Å². The summed E-state index contributed by atoms with van der Waals surface area (Å²) in [6.07, 6.45) is 0.929. The molecule has 3 nitrogen and oxygen atoms in total. The van der Waals surface area contributed by atoms with Gasteiger partial charge in [0.05, 0.1) is 13.2 Å². The highest BCUT2D eigenvalue weighted by molar-refractivity contribution is 9.09. The SMILES string of the molecule is BrCCc1ccc2c(c1)OCC(COCc1ccccc1)O2. The number of fused-ring (bicyclic) bond motifs is 1. The van der Waals surface area contributed by atoms with Crippen molar-refractivity contribution in [1.82, 2.24) is 0 Å². The van der Waals surface area contributed by atoms with Gasteiger partial charge >= 0.3 is 0 Å². The van der Waals surface area contributed by atoms with Crippen LogP contribution in [0.25, 0.3) is 0 Å². The van der Waals surface area contributed by atoms with Crippen molar-refractivity contribution in [2.75, 3.05) is 18.5 Å². The van der Waals surface area contributed by atoms with Crippen LogP contribution in [-0.2, 0) is 17.8 Å². The first-order chi connectivity index (χ1) is 10.8. The van der Waals surface area contributed by atoms with Gasteiger partial charge in [-0.25, -0.2) is 0 Å². The molecule has 0 fully saturated rings. The van der Waals surface area contributed by atoms with Crippen molar-refractivity contribution in [2.24, 2.45) is 0 Å². The Hall–Kier alpha value is -1.52. The molecule has 4 heteroatoms. The Morgan fingerprint density at radius 3 is 2.73 bits per heavy atom. The highest BCUT2D eigenvalue weighted by Gasteiger charge is 2.21. The first-order valence-corrected chi connectivity index (χ1v) is 8.57. The summed E-state index contributed by atoms with van der Waals surface area (Å²) in [6, 6.07) is 16.3. The molecule has 0 spiro atoms. The number of aryl methyl sites for hydroxylation is 1. The molecule has 0 saturated heterocycles. The fourth-order valence-corrected chi connectivity index (χ4v) is 2.85. The summed E-state index contributed by atoms with van der Waals surface area (Å²) in [5.41, 5.74) is 2.41. The maximum Gasteiger partial charge on any atom is 0.161 e. The Morgan fingerprint density at radius 1 is 1.05 bits per heavy atom. The Bertz CT molecular complexity index is 601. The van der Waals surface area contributed by atoms with Crippen LogP contribution >= 0.6 is 15.9 Å². The summed E-state index contributed by atoms with van der Waals surface area (Å²) >= 11 is 3.45. The van der Waals surface area contributed by atoms with Gasteiger partial charge in [-0.2, -0.15) is 0 Å². The van der Waals surface area contributed by atoms with E-state index in [9.17, 15) is 0 Å². The summed E-state index contributed by atoms with van der Waals surface area (Å²) in [5.74, 6) is 1.63. The fourth-order valence-electron chi connectivity index (χ4n) is 2.39. The van der Waals surface area contributed by atoms with E-state index in [4.69, 9.17) is 14.2 Å². The summed E-state index contributed by atoms with van der Waals surface area (Å²) in [5, 5.41) is 0.947. The molecule has 116 valence electrons. The number of benzene rings is 2. The predicted molar refractivity (Wildman–Crippen MR) is 89.9 cm³/mol. The zero-order valence-electron chi connectivity index (χ0n) is 12.3.